The van der Waals surface area contributed by atoms with E-state index in [1.165, 1.54) is 27.8 Å². The molecule has 1 amide bonds. The predicted molar refractivity (Wildman–Crippen MR) is 142 cm³/mol. The van der Waals surface area contributed by atoms with Crippen LogP contribution in [0, 0.1) is 6.92 Å². The Morgan fingerprint density at radius 2 is 1.97 bits per heavy atom. The van der Waals surface area contributed by atoms with Gasteiger partial charge in [0, 0.05) is 49.8 Å². The van der Waals surface area contributed by atoms with Gasteiger partial charge in [-0.2, -0.15) is 0 Å². The summed E-state index contributed by atoms with van der Waals surface area (Å²) in [7, 11) is 5.18. The number of rotatable bonds is 7. The van der Waals surface area contributed by atoms with E-state index in [0.717, 1.165) is 16.9 Å². The van der Waals surface area contributed by atoms with Crippen molar-refractivity contribution in [3.63, 3.8) is 0 Å². The number of aryl methyl sites for hydroxylation is 2. The summed E-state index contributed by atoms with van der Waals surface area (Å²) in [6, 6.07) is 17.9. The lowest BCUT2D eigenvalue weighted by molar-refractivity contribution is 0.0958. The first-order valence-corrected chi connectivity index (χ1v) is 12.4. The molecule has 0 fully saturated rings. The fourth-order valence-electron chi connectivity index (χ4n) is 4.16. The van der Waals surface area contributed by atoms with Crippen LogP contribution in [0.1, 0.15) is 27.4 Å². The molecule has 1 N–H and O–H groups in total. The Kier molecular flexibility index (Phi) is 6.43. The number of nitrogens with zero attached hydrogens (tertiary/aromatic N) is 3. The molecule has 36 heavy (non-hydrogen) atoms. The van der Waals surface area contributed by atoms with E-state index in [-0.39, 0.29) is 11.6 Å². The summed E-state index contributed by atoms with van der Waals surface area (Å²) >= 11 is 1.75. The van der Waals surface area contributed by atoms with Crippen molar-refractivity contribution in [3.05, 3.63) is 88.8 Å². The van der Waals surface area contributed by atoms with Gasteiger partial charge in [-0.25, -0.2) is 4.98 Å². The molecule has 0 radical (unpaired) electrons. The summed E-state index contributed by atoms with van der Waals surface area (Å²) < 4.78 is 13.8. The maximum atomic E-state index is 11.9. The van der Waals surface area contributed by atoms with Crippen molar-refractivity contribution in [2.24, 2.45) is 7.05 Å². The number of hydrogen-bond acceptors (Lipinski definition) is 6. The SMILES string of the molecule is CNC(=O)c1cc(Oc2cc3nc(Cc4ccc(C)c(-c5cccs5)c4)n(C)c3cc2OC)ccn1. The maximum Gasteiger partial charge on any atom is 0.269 e. The van der Waals surface area contributed by atoms with Crippen LogP contribution in [-0.2, 0) is 13.5 Å². The molecule has 5 rings (SSSR count). The number of carbonyl (C=O) groups is 1. The average molecular weight is 499 g/mol. The zero-order valence-electron chi connectivity index (χ0n) is 20.5. The Balaban J connectivity index is 1.48. The van der Waals surface area contributed by atoms with Crippen molar-refractivity contribution in [1.29, 1.82) is 0 Å². The second-order valence-electron chi connectivity index (χ2n) is 8.44. The minimum atomic E-state index is -0.282. The zero-order chi connectivity index (χ0) is 25.2. The summed E-state index contributed by atoms with van der Waals surface area (Å²) in [6.07, 6.45) is 2.23. The molecule has 0 bridgehead atoms. The lowest BCUT2D eigenvalue weighted by Crippen LogP contribution is -2.18. The molecule has 7 nitrogen and oxygen atoms in total. The standard InChI is InChI=1S/C28H26N4O3S/c1-17-7-8-18(12-20(17)26-6-5-11-36-26)13-27-31-21-15-25(24(34-4)16-23(21)32(27)3)35-19-9-10-30-22(14-19)28(33)29-2/h5-12,14-16H,13H2,1-4H3,(H,29,33). The van der Waals surface area contributed by atoms with Crippen molar-refractivity contribution in [3.8, 4) is 27.7 Å². The highest BCUT2D eigenvalue weighted by Gasteiger charge is 2.16. The lowest BCUT2D eigenvalue weighted by atomic mass is 10.0. The van der Waals surface area contributed by atoms with E-state index in [9.17, 15) is 4.79 Å². The molecule has 182 valence electrons. The molecular weight excluding hydrogens is 472 g/mol. The first-order chi connectivity index (χ1) is 17.5. The molecular formula is C28H26N4O3S. The van der Waals surface area contributed by atoms with Gasteiger partial charge in [-0.1, -0.05) is 18.2 Å². The highest BCUT2D eigenvalue weighted by Crippen LogP contribution is 2.36. The van der Waals surface area contributed by atoms with Gasteiger partial charge in [-0.05, 0) is 47.2 Å². The Labute approximate surface area is 213 Å². The normalized spacial score (nSPS) is 11.0. The van der Waals surface area contributed by atoms with Gasteiger partial charge in [0.05, 0.1) is 18.1 Å². The fourth-order valence-corrected chi connectivity index (χ4v) is 4.97. The Morgan fingerprint density at radius 3 is 2.72 bits per heavy atom. The summed E-state index contributed by atoms with van der Waals surface area (Å²) in [5.74, 6) is 2.23. The van der Waals surface area contributed by atoms with Crippen molar-refractivity contribution < 1.29 is 14.3 Å². The monoisotopic (exact) mass is 498 g/mol. The first kappa shape index (κ1) is 23.6. The molecule has 0 atom stereocenters. The Hall–Kier alpha value is -4.17. The molecule has 0 aliphatic rings. The van der Waals surface area contributed by atoms with Crippen LogP contribution in [0.25, 0.3) is 21.5 Å². The molecule has 0 spiro atoms. The van der Waals surface area contributed by atoms with Gasteiger partial charge in [0.25, 0.3) is 5.91 Å². The third-order valence-electron chi connectivity index (χ3n) is 6.13. The average Bonchev–Trinajstić information content (AvgIpc) is 3.53. The highest BCUT2D eigenvalue weighted by atomic mass is 32.1. The van der Waals surface area contributed by atoms with E-state index in [1.54, 1.807) is 37.6 Å². The van der Waals surface area contributed by atoms with Gasteiger partial charge >= 0.3 is 0 Å². The second kappa shape index (κ2) is 9.83. The molecule has 3 aromatic heterocycles. The van der Waals surface area contributed by atoms with Gasteiger partial charge in [0.1, 0.15) is 17.3 Å². The highest BCUT2D eigenvalue weighted by molar-refractivity contribution is 7.13. The van der Waals surface area contributed by atoms with Crippen LogP contribution in [0.3, 0.4) is 0 Å². The Morgan fingerprint density at radius 1 is 1.11 bits per heavy atom. The molecule has 2 aromatic carbocycles. The van der Waals surface area contributed by atoms with Crippen LogP contribution < -0.4 is 14.8 Å². The van der Waals surface area contributed by atoms with Gasteiger partial charge in [-0.3, -0.25) is 9.78 Å². The quantitative estimate of drug-likeness (QED) is 0.309. The third kappa shape index (κ3) is 4.55. The molecule has 5 aromatic rings. The van der Waals surface area contributed by atoms with Crippen molar-refractivity contribution in [1.82, 2.24) is 19.9 Å². The van der Waals surface area contributed by atoms with Crippen molar-refractivity contribution in [2.45, 2.75) is 13.3 Å². The lowest BCUT2D eigenvalue weighted by Gasteiger charge is -2.11. The van der Waals surface area contributed by atoms with Gasteiger partial charge in [0.2, 0.25) is 0 Å². The molecule has 0 saturated carbocycles. The maximum absolute atomic E-state index is 11.9. The summed E-state index contributed by atoms with van der Waals surface area (Å²) in [5.41, 5.74) is 5.73. The Bertz CT molecular complexity index is 1560. The van der Waals surface area contributed by atoms with Crippen LogP contribution in [0.15, 0.2) is 66.2 Å². The van der Waals surface area contributed by atoms with Crippen LogP contribution in [0.5, 0.6) is 17.2 Å². The number of nitrogens with one attached hydrogen (secondary N) is 1. The van der Waals surface area contributed by atoms with Crippen LogP contribution in [-0.4, -0.2) is 34.6 Å². The van der Waals surface area contributed by atoms with E-state index >= 15 is 0 Å². The van der Waals surface area contributed by atoms with E-state index in [0.29, 0.717) is 23.7 Å². The molecule has 0 aliphatic heterocycles. The number of hydrogen-bond donors (Lipinski definition) is 1. The van der Waals surface area contributed by atoms with Gasteiger partial charge < -0.3 is 19.4 Å². The first-order valence-electron chi connectivity index (χ1n) is 11.5. The zero-order valence-corrected chi connectivity index (χ0v) is 21.3. The summed E-state index contributed by atoms with van der Waals surface area (Å²) in [4.78, 5) is 22.2. The van der Waals surface area contributed by atoms with Gasteiger partial charge in [0.15, 0.2) is 11.5 Å². The number of imidazole rings is 1. The van der Waals surface area contributed by atoms with E-state index in [1.807, 2.05) is 19.2 Å². The largest absolute Gasteiger partial charge is 0.493 e. The fraction of sp³-hybridized carbons (Fsp3) is 0.179. The van der Waals surface area contributed by atoms with Crippen molar-refractivity contribution in [2.75, 3.05) is 14.2 Å². The summed E-state index contributed by atoms with van der Waals surface area (Å²) in [6.45, 7) is 2.14. The topological polar surface area (TPSA) is 78.3 Å². The smallest absolute Gasteiger partial charge is 0.269 e. The van der Waals surface area contributed by atoms with Gasteiger partial charge in [-0.15, -0.1) is 11.3 Å². The van der Waals surface area contributed by atoms with Crippen LogP contribution >= 0.6 is 11.3 Å². The number of fused-ring (bicyclic) bond motifs is 1. The second-order valence-corrected chi connectivity index (χ2v) is 9.39. The third-order valence-corrected chi connectivity index (χ3v) is 7.03. The van der Waals surface area contributed by atoms with E-state index in [2.05, 4.69) is 57.5 Å². The molecule has 0 unspecified atom stereocenters. The number of thiophene rings is 1. The minimum absolute atomic E-state index is 0.273. The molecule has 8 heteroatoms. The predicted octanol–water partition coefficient (Wildman–Crippen LogP) is 5.76. The van der Waals surface area contributed by atoms with Crippen LogP contribution in [0.2, 0.25) is 0 Å². The molecule has 0 aliphatic carbocycles. The number of methoxy groups -OCH3 is 1. The van der Waals surface area contributed by atoms with Crippen molar-refractivity contribution >= 4 is 28.3 Å². The number of benzene rings is 2. The summed E-state index contributed by atoms with van der Waals surface area (Å²) in [5, 5.41) is 4.67. The number of carbonyl (C=O) groups excluding carboxylic acids is 1. The number of aromatic nitrogens is 3. The van der Waals surface area contributed by atoms with Crippen LogP contribution in [0.4, 0.5) is 0 Å². The number of pyridine rings is 1. The number of ether oxygens (including phenoxy) is 2. The molecule has 3 heterocycles. The van der Waals surface area contributed by atoms with E-state index < -0.39 is 0 Å². The van der Waals surface area contributed by atoms with E-state index in [4.69, 9.17) is 14.5 Å². The minimum Gasteiger partial charge on any atom is -0.493 e. The molecule has 0 saturated heterocycles. The number of amides is 1.